The van der Waals surface area contributed by atoms with Crippen LogP contribution in [0.1, 0.15) is 20.8 Å². The minimum Gasteiger partial charge on any atom is -0.491 e. The number of fused-ring (bicyclic) bond motifs is 1. The van der Waals surface area contributed by atoms with E-state index in [0.29, 0.717) is 5.69 Å². The van der Waals surface area contributed by atoms with E-state index in [9.17, 15) is 9.59 Å². The molecule has 0 spiro atoms. The smallest absolute Gasteiger partial charge is 0.247 e. The van der Waals surface area contributed by atoms with Crippen molar-refractivity contribution in [1.29, 1.82) is 0 Å². The van der Waals surface area contributed by atoms with Gasteiger partial charge in [0.05, 0.1) is 18.4 Å². The summed E-state index contributed by atoms with van der Waals surface area (Å²) in [5.41, 5.74) is 1.94. The summed E-state index contributed by atoms with van der Waals surface area (Å²) in [5.74, 6) is -0.699. The Morgan fingerprint density at radius 1 is 1.00 bits per heavy atom. The normalized spacial score (nSPS) is 14.2. The van der Waals surface area contributed by atoms with Crippen LogP contribution in [-0.4, -0.2) is 23.7 Å². The Morgan fingerprint density at radius 2 is 1.71 bits per heavy atom. The highest BCUT2D eigenvalue weighted by Crippen LogP contribution is 2.30. The third-order valence-corrected chi connectivity index (χ3v) is 3.95. The highest BCUT2D eigenvalue weighted by atomic mass is 79.9. The van der Waals surface area contributed by atoms with Gasteiger partial charge in [0, 0.05) is 5.56 Å². The van der Waals surface area contributed by atoms with Gasteiger partial charge in [-0.05, 0) is 28.1 Å². The van der Waals surface area contributed by atoms with E-state index < -0.39 is 5.78 Å². The molecule has 104 valence electrons. The van der Waals surface area contributed by atoms with Gasteiger partial charge in [-0.1, -0.05) is 30.3 Å². The summed E-state index contributed by atoms with van der Waals surface area (Å²) in [6.07, 6.45) is 0. The number of aromatic nitrogens is 1. The summed E-state index contributed by atoms with van der Waals surface area (Å²) >= 11 is 3.11. The lowest BCUT2D eigenvalue weighted by Crippen LogP contribution is -2.22. The van der Waals surface area contributed by atoms with Gasteiger partial charge >= 0.3 is 0 Å². The van der Waals surface area contributed by atoms with Crippen LogP contribution in [0.4, 0.5) is 0 Å². The number of pyridine rings is 1. The number of rotatable bonds is 2. The molecule has 1 aromatic carbocycles. The molecule has 0 N–H and O–H groups in total. The zero-order valence-corrected chi connectivity index (χ0v) is 12.7. The van der Waals surface area contributed by atoms with Crippen LogP contribution in [0.25, 0.3) is 11.3 Å². The SMILES string of the molecule is COC1=C(Br)C(=O)c2ccc(-c3ccccc3)nc2C1=O. The van der Waals surface area contributed by atoms with Crippen LogP contribution < -0.4 is 0 Å². The number of ketones is 2. The molecule has 0 bridgehead atoms. The second-order valence-electron chi connectivity index (χ2n) is 4.46. The van der Waals surface area contributed by atoms with Crippen LogP contribution in [0.2, 0.25) is 0 Å². The van der Waals surface area contributed by atoms with Crippen LogP contribution in [-0.2, 0) is 4.74 Å². The zero-order chi connectivity index (χ0) is 15.0. The van der Waals surface area contributed by atoms with E-state index in [0.717, 1.165) is 5.56 Å². The number of hydrogen-bond donors (Lipinski definition) is 0. The van der Waals surface area contributed by atoms with Crippen molar-refractivity contribution in [3.05, 3.63) is 64.0 Å². The lowest BCUT2D eigenvalue weighted by Gasteiger charge is -2.16. The number of Topliss-reactive ketones (excluding diaryl/α,β-unsaturated/α-hetero) is 2. The second-order valence-corrected chi connectivity index (χ2v) is 5.26. The van der Waals surface area contributed by atoms with E-state index in [2.05, 4.69) is 20.9 Å². The first-order valence-electron chi connectivity index (χ1n) is 6.23. The van der Waals surface area contributed by atoms with Crippen molar-refractivity contribution in [2.24, 2.45) is 0 Å². The Labute approximate surface area is 129 Å². The number of allylic oxidation sites excluding steroid dienone is 2. The third-order valence-electron chi connectivity index (χ3n) is 3.23. The molecule has 0 unspecified atom stereocenters. The maximum Gasteiger partial charge on any atom is 0.247 e. The lowest BCUT2D eigenvalue weighted by atomic mass is 9.97. The fourth-order valence-electron chi connectivity index (χ4n) is 2.20. The monoisotopic (exact) mass is 343 g/mol. The lowest BCUT2D eigenvalue weighted by molar-refractivity contribution is 0.0909. The van der Waals surface area contributed by atoms with E-state index in [-0.39, 0.29) is 27.3 Å². The third kappa shape index (κ3) is 2.19. The fourth-order valence-corrected chi connectivity index (χ4v) is 2.75. The topological polar surface area (TPSA) is 56.3 Å². The quantitative estimate of drug-likeness (QED) is 0.838. The molecule has 0 aliphatic heterocycles. The summed E-state index contributed by atoms with van der Waals surface area (Å²) in [4.78, 5) is 28.9. The predicted molar refractivity (Wildman–Crippen MR) is 81.3 cm³/mol. The largest absolute Gasteiger partial charge is 0.491 e. The number of ether oxygens (including phenoxy) is 1. The van der Waals surface area contributed by atoms with Crippen molar-refractivity contribution in [2.45, 2.75) is 0 Å². The van der Waals surface area contributed by atoms with E-state index in [1.54, 1.807) is 12.1 Å². The van der Waals surface area contributed by atoms with Crippen molar-refractivity contribution in [3.63, 3.8) is 0 Å². The molecular formula is C16H10BrNO3. The maximum atomic E-state index is 12.4. The van der Waals surface area contributed by atoms with E-state index in [4.69, 9.17) is 4.74 Å². The van der Waals surface area contributed by atoms with Crippen molar-refractivity contribution in [2.75, 3.05) is 7.11 Å². The highest BCUT2D eigenvalue weighted by molar-refractivity contribution is 9.12. The molecule has 1 aromatic heterocycles. The number of nitrogens with zero attached hydrogens (tertiary/aromatic N) is 1. The molecule has 0 atom stereocenters. The molecule has 0 saturated carbocycles. The second kappa shape index (κ2) is 5.26. The Bertz CT molecular complexity index is 781. The molecule has 0 fully saturated rings. The standard InChI is InChI=1S/C16H10BrNO3/c1-21-16-12(17)14(19)10-7-8-11(18-13(10)15(16)20)9-5-3-2-4-6-9/h2-8H,1H3. The van der Waals surface area contributed by atoms with Crippen LogP contribution in [0, 0.1) is 0 Å². The predicted octanol–water partition coefficient (Wildman–Crippen LogP) is 3.38. The molecule has 5 heteroatoms. The Balaban J connectivity index is 2.16. The molecule has 0 saturated heterocycles. The molecule has 2 aromatic rings. The minimum absolute atomic E-state index is 0.00906. The van der Waals surface area contributed by atoms with Crippen LogP contribution in [0.3, 0.4) is 0 Å². The van der Waals surface area contributed by atoms with Gasteiger partial charge in [-0.25, -0.2) is 4.98 Å². The first kappa shape index (κ1) is 13.7. The number of benzene rings is 1. The van der Waals surface area contributed by atoms with Crippen molar-refractivity contribution >= 4 is 27.5 Å². The average molecular weight is 344 g/mol. The number of hydrogen-bond acceptors (Lipinski definition) is 4. The summed E-state index contributed by atoms with van der Waals surface area (Å²) in [6.45, 7) is 0. The highest BCUT2D eigenvalue weighted by Gasteiger charge is 2.33. The van der Waals surface area contributed by atoms with E-state index in [1.165, 1.54) is 7.11 Å². The fraction of sp³-hybridized carbons (Fsp3) is 0.0625. The van der Waals surface area contributed by atoms with Crippen molar-refractivity contribution < 1.29 is 14.3 Å². The van der Waals surface area contributed by atoms with Gasteiger partial charge in [0.25, 0.3) is 0 Å². The maximum absolute atomic E-state index is 12.4. The van der Waals surface area contributed by atoms with Gasteiger partial charge in [0.1, 0.15) is 10.2 Å². The Kier molecular flexibility index (Phi) is 3.43. The summed E-state index contributed by atoms with van der Waals surface area (Å²) < 4.78 is 5.15. The van der Waals surface area contributed by atoms with Gasteiger partial charge in [-0.3, -0.25) is 9.59 Å². The molecule has 21 heavy (non-hydrogen) atoms. The number of methoxy groups -OCH3 is 1. The molecule has 1 heterocycles. The van der Waals surface area contributed by atoms with Gasteiger partial charge in [-0.2, -0.15) is 0 Å². The van der Waals surface area contributed by atoms with Crippen LogP contribution in [0.5, 0.6) is 0 Å². The number of carbonyl (C=O) groups is 2. The zero-order valence-electron chi connectivity index (χ0n) is 11.1. The first-order valence-corrected chi connectivity index (χ1v) is 7.02. The Morgan fingerprint density at radius 3 is 2.38 bits per heavy atom. The van der Waals surface area contributed by atoms with Gasteiger partial charge in [0.2, 0.25) is 11.6 Å². The molecule has 0 amide bonds. The van der Waals surface area contributed by atoms with Crippen LogP contribution in [0.15, 0.2) is 52.7 Å². The summed E-state index contributed by atoms with van der Waals surface area (Å²) in [5, 5.41) is 0. The van der Waals surface area contributed by atoms with Gasteiger partial charge in [-0.15, -0.1) is 0 Å². The summed E-state index contributed by atoms with van der Waals surface area (Å²) in [7, 11) is 1.35. The molecule has 1 aliphatic rings. The van der Waals surface area contributed by atoms with Gasteiger partial charge in [0.15, 0.2) is 5.76 Å². The Hall–Kier alpha value is -2.27. The van der Waals surface area contributed by atoms with Gasteiger partial charge < -0.3 is 4.74 Å². The van der Waals surface area contributed by atoms with Crippen molar-refractivity contribution in [3.8, 4) is 11.3 Å². The van der Waals surface area contributed by atoms with E-state index >= 15 is 0 Å². The first-order chi connectivity index (χ1) is 10.1. The van der Waals surface area contributed by atoms with Crippen molar-refractivity contribution in [1.82, 2.24) is 4.98 Å². The molecular weight excluding hydrogens is 334 g/mol. The average Bonchev–Trinajstić information content (AvgIpc) is 2.54. The minimum atomic E-state index is -0.392. The molecule has 1 aliphatic carbocycles. The summed E-state index contributed by atoms with van der Waals surface area (Å²) in [6, 6.07) is 12.8. The number of carbonyl (C=O) groups excluding carboxylic acids is 2. The van der Waals surface area contributed by atoms with E-state index in [1.807, 2.05) is 30.3 Å². The van der Waals surface area contributed by atoms with Crippen LogP contribution >= 0.6 is 15.9 Å². The molecule has 4 nitrogen and oxygen atoms in total. The molecule has 0 radical (unpaired) electrons. The molecule has 3 rings (SSSR count). The number of halogens is 1.